The molecule has 0 saturated carbocycles. The molecule has 0 spiro atoms. The number of aliphatic carboxylic acids is 2. The van der Waals surface area contributed by atoms with Crippen LogP contribution in [0.3, 0.4) is 0 Å². The Hall–Kier alpha value is -2.41. The molecule has 1 heterocycles. The monoisotopic (exact) mass is 362 g/mol. The first-order valence-corrected chi connectivity index (χ1v) is 9.06. The Morgan fingerprint density at radius 1 is 0.923 bits per heavy atom. The van der Waals surface area contributed by atoms with E-state index in [-0.39, 0.29) is 5.91 Å². The Bertz CT molecular complexity index is 641. The van der Waals surface area contributed by atoms with Gasteiger partial charge in [0.1, 0.15) is 0 Å². The number of carbonyl (C=O) groups is 3. The smallest absolute Gasteiger partial charge is 0.414 e. The highest BCUT2D eigenvalue weighted by Gasteiger charge is 2.14. The number of piperidine rings is 1. The predicted octanol–water partition coefficient (Wildman–Crippen LogP) is 2.15. The Morgan fingerprint density at radius 2 is 1.58 bits per heavy atom. The number of nitrogens with zero attached hydrogens (tertiary/aromatic N) is 1. The third-order valence-electron chi connectivity index (χ3n) is 4.67. The van der Waals surface area contributed by atoms with Crippen LogP contribution in [0.15, 0.2) is 18.2 Å². The Labute approximate surface area is 153 Å². The summed E-state index contributed by atoms with van der Waals surface area (Å²) < 4.78 is 0. The van der Waals surface area contributed by atoms with Crippen LogP contribution in [0, 0.1) is 0 Å². The summed E-state index contributed by atoms with van der Waals surface area (Å²) in [6.07, 6.45) is 8.13. The van der Waals surface area contributed by atoms with E-state index in [1.807, 2.05) is 6.07 Å². The second-order valence-corrected chi connectivity index (χ2v) is 6.65. The van der Waals surface area contributed by atoms with Crippen LogP contribution in [-0.2, 0) is 27.2 Å². The summed E-state index contributed by atoms with van der Waals surface area (Å²) >= 11 is 0. The van der Waals surface area contributed by atoms with Crippen molar-refractivity contribution in [3.05, 3.63) is 29.3 Å². The first kappa shape index (κ1) is 19.9. The minimum Gasteiger partial charge on any atom is -0.473 e. The number of hydrogen-bond donors (Lipinski definition) is 3. The Kier molecular flexibility index (Phi) is 7.59. The lowest BCUT2D eigenvalue weighted by Gasteiger charge is -2.25. The maximum absolute atomic E-state index is 12.0. The number of carboxylic acids is 2. The van der Waals surface area contributed by atoms with E-state index in [1.165, 1.54) is 43.2 Å². The number of amides is 1. The molecule has 1 fully saturated rings. The molecular weight excluding hydrogens is 336 g/mol. The molecule has 0 unspecified atom stereocenters. The van der Waals surface area contributed by atoms with E-state index in [4.69, 9.17) is 19.8 Å². The van der Waals surface area contributed by atoms with Crippen LogP contribution in [-0.4, -0.2) is 52.6 Å². The quantitative estimate of drug-likeness (QED) is 0.709. The third kappa shape index (κ3) is 6.48. The van der Waals surface area contributed by atoms with Crippen molar-refractivity contribution in [2.75, 3.05) is 25.0 Å². The number of nitrogens with one attached hydrogen (secondary N) is 1. The number of carboxylic acid groups (broad SMARTS) is 2. The van der Waals surface area contributed by atoms with Crippen LogP contribution < -0.4 is 5.32 Å². The fraction of sp³-hybridized carbons (Fsp3) is 0.526. The van der Waals surface area contributed by atoms with Crippen molar-refractivity contribution in [1.82, 2.24) is 4.90 Å². The van der Waals surface area contributed by atoms with E-state index in [1.54, 1.807) is 0 Å². The molecule has 142 valence electrons. The van der Waals surface area contributed by atoms with Gasteiger partial charge in [-0.1, -0.05) is 12.5 Å². The van der Waals surface area contributed by atoms with E-state index in [0.717, 1.165) is 31.7 Å². The molecule has 1 amide bonds. The average Bonchev–Trinajstić information content (AvgIpc) is 3.09. The third-order valence-corrected chi connectivity index (χ3v) is 4.67. The van der Waals surface area contributed by atoms with Crippen LogP contribution in [0.4, 0.5) is 5.69 Å². The van der Waals surface area contributed by atoms with Crippen molar-refractivity contribution in [2.24, 2.45) is 0 Å². The van der Waals surface area contributed by atoms with Gasteiger partial charge in [0.05, 0.1) is 0 Å². The van der Waals surface area contributed by atoms with Gasteiger partial charge in [-0.2, -0.15) is 0 Å². The lowest BCUT2D eigenvalue weighted by molar-refractivity contribution is -0.159. The molecule has 3 rings (SSSR count). The van der Waals surface area contributed by atoms with E-state index in [0.29, 0.717) is 6.42 Å². The van der Waals surface area contributed by atoms with Gasteiger partial charge in [0.25, 0.3) is 0 Å². The van der Waals surface area contributed by atoms with Crippen LogP contribution in [0.25, 0.3) is 0 Å². The van der Waals surface area contributed by atoms with Crippen molar-refractivity contribution >= 4 is 23.5 Å². The molecular formula is C19H26N2O5. The topological polar surface area (TPSA) is 107 Å². The molecule has 3 N–H and O–H groups in total. The molecule has 1 aromatic carbocycles. The summed E-state index contributed by atoms with van der Waals surface area (Å²) in [4.78, 5) is 32.6. The van der Waals surface area contributed by atoms with E-state index >= 15 is 0 Å². The number of benzene rings is 1. The van der Waals surface area contributed by atoms with E-state index in [2.05, 4.69) is 22.3 Å². The van der Waals surface area contributed by atoms with Crippen molar-refractivity contribution < 1.29 is 24.6 Å². The number of aryl methyl sites for hydroxylation is 2. The van der Waals surface area contributed by atoms with Crippen LogP contribution in [0.2, 0.25) is 0 Å². The van der Waals surface area contributed by atoms with Gasteiger partial charge in [-0.05, 0) is 68.5 Å². The highest BCUT2D eigenvalue weighted by atomic mass is 16.4. The molecule has 2 aliphatic rings. The molecule has 1 aliphatic carbocycles. The van der Waals surface area contributed by atoms with Crippen molar-refractivity contribution in [3.63, 3.8) is 0 Å². The molecule has 7 heteroatoms. The van der Waals surface area contributed by atoms with Crippen LogP contribution in [0.1, 0.15) is 43.2 Å². The van der Waals surface area contributed by atoms with Gasteiger partial charge in [0.15, 0.2) is 0 Å². The Balaban J connectivity index is 0.000000352. The van der Waals surface area contributed by atoms with Crippen LogP contribution in [0.5, 0.6) is 0 Å². The largest absolute Gasteiger partial charge is 0.473 e. The number of hydrogen-bond acceptors (Lipinski definition) is 4. The molecule has 0 aromatic heterocycles. The second-order valence-electron chi connectivity index (χ2n) is 6.65. The van der Waals surface area contributed by atoms with Gasteiger partial charge in [0.2, 0.25) is 5.91 Å². The molecule has 1 saturated heterocycles. The van der Waals surface area contributed by atoms with Crippen molar-refractivity contribution in [3.8, 4) is 0 Å². The number of anilines is 1. The predicted molar refractivity (Wildman–Crippen MR) is 97.3 cm³/mol. The minimum atomic E-state index is -1.82. The zero-order chi connectivity index (χ0) is 18.9. The average molecular weight is 362 g/mol. The zero-order valence-corrected chi connectivity index (χ0v) is 14.9. The van der Waals surface area contributed by atoms with Gasteiger partial charge >= 0.3 is 11.9 Å². The van der Waals surface area contributed by atoms with E-state index < -0.39 is 11.9 Å². The maximum atomic E-state index is 12.0. The standard InChI is InChI=1S/C17H24N2O.C2H2O4/c20-17(9-12-19-10-2-1-3-11-19)18-16-8-7-14-5-4-6-15(14)13-16;3-1(4)2(5)6/h7-8,13H,1-6,9-12H2,(H,18,20);(H,3,4)(H,5,6). The van der Waals surface area contributed by atoms with Crippen molar-refractivity contribution in [1.29, 1.82) is 0 Å². The maximum Gasteiger partial charge on any atom is 0.414 e. The number of rotatable bonds is 4. The lowest BCUT2D eigenvalue weighted by atomic mass is 10.1. The first-order valence-electron chi connectivity index (χ1n) is 9.06. The highest BCUT2D eigenvalue weighted by Crippen LogP contribution is 2.24. The lowest BCUT2D eigenvalue weighted by Crippen LogP contribution is -2.32. The summed E-state index contributed by atoms with van der Waals surface area (Å²) in [6.45, 7) is 3.22. The highest BCUT2D eigenvalue weighted by molar-refractivity contribution is 6.27. The van der Waals surface area contributed by atoms with Gasteiger partial charge in [-0.15, -0.1) is 0 Å². The number of fused-ring (bicyclic) bond motifs is 1. The van der Waals surface area contributed by atoms with Gasteiger partial charge in [-0.25, -0.2) is 9.59 Å². The second kappa shape index (κ2) is 9.91. The molecule has 0 radical (unpaired) electrons. The summed E-state index contributed by atoms with van der Waals surface area (Å²) in [7, 11) is 0. The first-order chi connectivity index (χ1) is 12.5. The number of likely N-dealkylation sites (tertiary alicyclic amines) is 1. The fourth-order valence-corrected chi connectivity index (χ4v) is 3.32. The molecule has 1 aliphatic heterocycles. The molecule has 0 bridgehead atoms. The summed E-state index contributed by atoms with van der Waals surface area (Å²) in [5, 5.41) is 17.8. The van der Waals surface area contributed by atoms with Crippen LogP contribution >= 0.6 is 0 Å². The van der Waals surface area contributed by atoms with E-state index in [9.17, 15) is 4.79 Å². The molecule has 7 nitrogen and oxygen atoms in total. The zero-order valence-electron chi connectivity index (χ0n) is 14.9. The molecule has 26 heavy (non-hydrogen) atoms. The van der Waals surface area contributed by atoms with Crippen molar-refractivity contribution in [2.45, 2.75) is 44.9 Å². The summed E-state index contributed by atoms with van der Waals surface area (Å²) in [6, 6.07) is 6.37. The number of carbonyl (C=O) groups excluding carboxylic acids is 1. The SMILES string of the molecule is O=C(CCN1CCCCC1)Nc1ccc2c(c1)CCC2.O=C(O)C(=O)O. The molecule has 1 aromatic rings. The fourth-order valence-electron chi connectivity index (χ4n) is 3.32. The van der Waals surface area contributed by atoms with Gasteiger partial charge in [0, 0.05) is 18.7 Å². The Morgan fingerprint density at radius 3 is 2.23 bits per heavy atom. The summed E-state index contributed by atoms with van der Waals surface area (Å²) in [5.74, 6) is -3.50. The van der Waals surface area contributed by atoms with Gasteiger partial charge < -0.3 is 20.4 Å². The minimum absolute atomic E-state index is 0.147. The summed E-state index contributed by atoms with van der Waals surface area (Å²) in [5.41, 5.74) is 3.84. The normalized spacial score (nSPS) is 16.2. The van der Waals surface area contributed by atoms with Gasteiger partial charge in [-0.3, -0.25) is 4.79 Å². The molecule has 0 atom stereocenters.